The predicted molar refractivity (Wildman–Crippen MR) is 132 cm³/mol. The Morgan fingerprint density at radius 3 is 2.91 bits per heavy atom. The molecule has 0 unspecified atom stereocenters. The van der Waals surface area contributed by atoms with Crippen molar-refractivity contribution < 1.29 is 19.3 Å². The average Bonchev–Trinajstić information content (AvgIpc) is 3.25. The van der Waals surface area contributed by atoms with Crippen molar-refractivity contribution >= 4 is 32.5 Å². The van der Waals surface area contributed by atoms with Gasteiger partial charge < -0.3 is 25.3 Å². The Bertz CT molecular complexity index is 1570. The highest BCUT2D eigenvalue weighted by Crippen LogP contribution is 2.31. The van der Waals surface area contributed by atoms with Gasteiger partial charge in [-0.1, -0.05) is 35.6 Å². The first-order valence-electron chi connectivity index (χ1n) is 10.9. The number of thiazole rings is 1. The van der Waals surface area contributed by atoms with Crippen LogP contribution in [0.3, 0.4) is 0 Å². The Labute approximate surface area is 202 Å². The summed E-state index contributed by atoms with van der Waals surface area (Å²) >= 11 is 0.943. The molecule has 0 bridgehead atoms. The highest BCUT2D eigenvalue weighted by molar-refractivity contribution is 7.16. The summed E-state index contributed by atoms with van der Waals surface area (Å²) in [5, 5.41) is 24.4. The number of fused-ring (bicyclic) bond motifs is 2. The number of aliphatic hydroxyl groups is 1. The van der Waals surface area contributed by atoms with Crippen LogP contribution in [-0.4, -0.2) is 44.9 Å². The van der Waals surface area contributed by atoms with E-state index in [-0.39, 0.29) is 29.6 Å². The van der Waals surface area contributed by atoms with Crippen LogP contribution in [0.2, 0.25) is 0 Å². The molecule has 0 radical (unpaired) electrons. The largest absolute Gasteiger partial charge is 0.506 e. The van der Waals surface area contributed by atoms with Gasteiger partial charge in [-0.2, -0.15) is 0 Å². The normalized spacial score (nSPS) is 12.3. The van der Waals surface area contributed by atoms with Crippen molar-refractivity contribution in [2.75, 3.05) is 19.7 Å². The van der Waals surface area contributed by atoms with Crippen LogP contribution in [0.15, 0.2) is 65.6 Å². The molecule has 0 aliphatic carbocycles. The summed E-state index contributed by atoms with van der Waals surface area (Å²) in [5.74, 6) is -0.0175. The second-order valence-corrected chi connectivity index (χ2v) is 8.84. The molecule has 5 rings (SSSR count). The summed E-state index contributed by atoms with van der Waals surface area (Å²) in [6.07, 6.45) is 0.783. The molecule has 0 saturated carbocycles. The van der Waals surface area contributed by atoms with E-state index in [1.54, 1.807) is 30.5 Å². The van der Waals surface area contributed by atoms with Crippen LogP contribution in [0, 0.1) is 5.82 Å². The minimum absolute atomic E-state index is 0.0358. The molecule has 0 aliphatic heterocycles. The van der Waals surface area contributed by atoms with Gasteiger partial charge in [-0.25, -0.2) is 9.37 Å². The lowest BCUT2D eigenvalue weighted by molar-refractivity contribution is 0.173. The number of ether oxygens (including phenoxy) is 1. The molecule has 5 aromatic rings. The van der Waals surface area contributed by atoms with Crippen LogP contribution < -0.4 is 14.9 Å². The van der Waals surface area contributed by atoms with Gasteiger partial charge in [0, 0.05) is 41.9 Å². The number of hydrogen-bond acceptors (Lipinski definition) is 8. The summed E-state index contributed by atoms with van der Waals surface area (Å²) in [5.41, 5.74) is 2.67. The van der Waals surface area contributed by atoms with Gasteiger partial charge >= 0.3 is 4.87 Å². The number of phenolic OH excluding ortho intramolecular Hbond substituents is 1. The number of aromatic hydroxyl groups is 1. The van der Waals surface area contributed by atoms with Gasteiger partial charge in [-0.3, -0.25) is 9.78 Å². The molecule has 1 atom stereocenters. The fraction of sp³-hybridized carbons (Fsp3) is 0.160. The van der Waals surface area contributed by atoms with Gasteiger partial charge in [-0.05, 0) is 24.3 Å². The fourth-order valence-electron chi connectivity index (χ4n) is 3.85. The molecule has 0 amide bonds. The standard InChI is InChI=1S/C25H21FN4O4S/c26-16-5-1-3-14(11-16)22-21-15(4-2-8-28-21)12-20(29-22)34-10-9-27-13-19(32)17-6-7-18(31)23-24(17)35-25(33)30-23/h1-8,11-12,19,27,31-32H,9-10,13H2,(H,30,33)/t19-/m0/s1. The number of aliphatic hydroxyl groups excluding tert-OH is 1. The highest BCUT2D eigenvalue weighted by atomic mass is 32.1. The number of rotatable bonds is 8. The summed E-state index contributed by atoms with van der Waals surface area (Å²) < 4.78 is 20.2. The van der Waals surface area contributed by atoms with Crippen molar-refractivity contribution in [1.82, 2.24) is 20.3 Å². The van der Waals surface area contributed by atoms with Gasteiger partial charge in [0.1, 0.15) is 29.4 Å². The van der Waals surface area contributed by atoms with E-state index in [0.29, 0.717) is 45.0 Å². The second kappa shape index (κ2) is 9.79. The van der Waals surface area contributed by atoms with E-state index in [2.05, 4.69) is 20.3 Å². The van der Waals surface area contributed by atoms with E-state index in [4.69, 9.17) is 4.74 Å². The van der Waals surface area contributed by atoms with E-state index >= 15 is 0 Å². The Kier molecular flexibility index (Phi) is 6.41. The number of halogens is 1. The van der Waals surface area contributed by atoms with Crippen LogP contribution in [-0.2, 0) is 0 Å². The lowest BCUT2D eigenvalue weighted by Gasteiger charge is -2.14. The van der Waals surface area contributed by atoms with Crippen LogP contribution in [0.25, 0.3) is 32.4 Å². The molecule has 8 nitrogen and oxygen atoms in total. The maximum atomic E-state index is 13.8. The third-order valence-electron chi connectivity index (χ3n) is 5.48. The van der Waals surface area contributed by atoms with Gasteiger partial charge in [0.25, 0.3) is 0 Å². The number of pyridine rings is 2. The SMILES string of the molecule is O=c1[nH]c2c(O)ccc([C@@H](O)CNCCOc3cc4cccnc4c(-c4cccc(F)c4)n3)c2s1. The van der Waals surface area contributed by atoms with Crippen molar-refractivity contribution in [3.63, 3.8) is 0 Å². The molecule has 4 N–H and O–H groups in total. The summed E-state index contributed by atoms with van der Waals surface area (Å²) in [6, 6.07) is 14.7. The number of nitrogens with zero attached hydrogens (tertiary/aromatic N) is 2. The lowest BCUT2D eigenvalue weighted by Crippen LogP contribution is -2.26. The van der Waals surface area contributed by atoms with Crippen molar-refractivity contribution in [2.24, 2.45) is 0 Å². The lowest BCUT2D eigenvalue weighted by atomic mass is 10.1. The number of phenols is 1. The first kappa shape index (κ1) is 22.9. The van der Waals surface area contributed by atoms with Crippen molar-refractivity contribution in [1.29, 1.82) is 0 Å². The number of benzene rings is 2. The van der Waals surface area contributed by atoms with Gasteiger partial charge in [0.2, 0.25) is 5.88 Å². The molecule has 2 aromatic carbocycles. The Morgan fingerprint density at radius 2 is 2.06 bits per heavy atom. The topological polar surface area (TPSA) is 120 Å². The monoisotopic (exact) mass is 492 g/mol. The third-order valence-corrected chi connectivity index (χ3v) is 6.41. The molecular weight excluding hydrogens is 471 g/mol. The number of aromatic nitrogens is 3. The zero-order valence-corrected chi connectivity index (χ0v) is 19.2. The van der Waals surface area contributed by atoms with E-state index < -0.39 is 6.10 Å². The molecule has 0 fully saturated rings. The first-order valence-corrected chi connectivity index (χ1v) is 11.7. The molecule has 10 heteroatoms. The Morgan fingerprint density at radius 1 is 1.17 bits per heavy atom. The van der Waals surface area contributed by atoms with Crippen LogP contribution in [0.5, 0.6) is 11.6 Å². The molecule has 178 valence electrons. The maximum Gasteiger partial charge on any atom is 0.305 e. The van der Waals surface area contributed by atoms with E-state index in [1.165, 1.54) is 18.2 Å². The fourth-order valence-corrected chi connectivity index (χ4v) is 4.77. The molecular formula is C25H21FN4O4S. The number of hydrogen-bond donors (Lipinski definition) is 4. The first-order chi connectivity index (χ1) is 17.0. The third kappa shape index (κ3) is 4.85. The second-order valence-electron chi connectivity index (χ2n) is 7.86. The van der Waals surface area contributed by atoms with E-state index in [0.717, 1.165) is 16.7 Å². The Hall–Kier alpha value is -3.86. The highest BCUT2D eigenvalue weighted by Gasteiger charge is 2.16. The predicted octanol–water partition coefficient (Wildman–Crippen LogP) is 3.75. The quantitative estimate of drug-likeness (QED) is 0.244. The number of aromatic amines is 1. The Balaban J connectivity index is 1.25. The smallest absolute Gasteiger partial charge is 0.305 e. The summed E-state index contributed by atoms with van der Waals surface area (Å²) in [4.78, 5) is 22.9. The maximum absolute atomic E-state index is 13.8. The zero-order valence-electron chi connectivity index (χ0n) is 18.4. The summed E-state index contributed by atoms with van der Waals surface area (Å²) in [6.45, 7) is 0.916. The number of nitrogens with one attached hydrogen (secondary N) is 2. The van der Waals surface area contributed by atoms with Crippen molar-refractivity contribution in [2.45, 2.75) is 6.10 Å². The molecule has 0 saturated heterocycles. The minimum Gasteiger partial charge on any atom is -0.506 e. The summed E-state index contributed by atoms with van der Waals surface area (Å²) in [7, 11) is 0. The molecule has 0 aliphatic rings. The molecule has 0 spiro atoms. The van der Waals surface area contributed by atoms with Crippen molar-refractivity contribution in [3.8, 4) is 22.9 Å². The molecule has 3 heterocycles. The van der Waals surface area contributed by atoms with Crippen LogP contribution in [0.4, 0.5) is 4.39 Å². The zero-order chi connectivity index (χ0) is 24.4. The average molecular weight is 493 g/mol. The van der Waals surface area contributed by atoms with Gasteiger partial charge in [-0.15, -0.1) is 0 Å². The molecule has 3 aromatic heterocycles. The van der Waals surface area contributed by atoms with Gasteiger partial charge in [0.05, 0.1) is 16.3 Å². The van der Waals surface area contributed by atoms with Crippen molar-refractivity contribution in [3.05, 3.63) is 81.8 Å². The van der Waals surface area contributed by atoms with E-state index in [1.807, 2.05) is 12.1 Å². The van der Waals surface area contributed by atoms with E-state index in [9.17, 15) is 19.4 Å². The molecule has 35 heavy (non-hydrogen) atoms. The van der Waals surface area contributed by atoms with Gasteiger partial charge in [0.15, 0.2) is 0 Å². The minimum atomic E-state index is -0.881. The number of H-pyrrole nitrogens is 1. The van der Waals surface area contributed by atoms with Crippen LogP contribution in [0.1, 0.15) is 11.7 Å². The van der Waals surface area contributed by atoms with Crippen LogP contribution >= 0.6 is 11.3 Å².